The number of terminal acetylenes is 1. The largest absolute Gasteiger partial charge is 0.497 e. The van der Waals surface area contributed by atoms with Gasteiger partial charge in [0.2, 0.25) is 0 Å². The van der Waals surface area contributed by atoms with Crippen molar-refractivity contribution in [2.45, 2.75) is 25.7 Å². The molecule has 0 aromatic heterocycles. The lowest BCUT2D eigenvalue weighted by atomic mass is 9.79. The molecular weight excluding hydrogens is 228 g/mol. The summed E-state index contributed by atoms with van der Waals surface area (Å²) in [5.41, 5.74) is -0.0301. The minimum Gasteiger partial charge on any atom is -0.497 e. The standard InChI is InChI=1S/C15H18O3/c1-5-10-15(3,14(16)18-6-2)12-8-7-9-13(11-12)17-4/h1,7-9,11H,6,10H2,2-4H3. The van der Waals surface area contributed by atoms with Crippen molar-refractivity contribution in [2.24, 2.45) is 0 Å². The molecule has 0 amide bonds. The summed E-state index contributed by atoms with van der Waals surface area (Å²) in [5.74, 6) is 2.93. The zero-order valence-corrected chi connectivity index (χ0v) is 11.0. The SMILES string of the molecule is C#CCC(C)(C(=O)OCC)c1cccc(OC)c1. The van der Waals surface area contributed by atoms with Crippen LogP contribution in [0.4, 0.5) is 0 Å². The predicted octanol–water partition coefficient (Wildman–Crippen LogP) is 2.54. The van der Waals surface area contributed by atoms with Crippen LogP contribution in [0.2, 0.25) is 0 Å². The molecule has 1 rings (SSSR count). The first-order valence-corrected chi connectivity index (χ1v) is 5.83. The number of esters is 1. The highest BCUT2D eigenvalue weighted by Gasteiger charge is 2.36. The van der Waals surface area contributed by atoms with Crippen molar-refractivity contribution >= 4 is 5.97 Å². The first kappa shape index (κ1) is 14.1. The molecule has 3 nitrogen and oxygen atoms in total. The lowest BCUT2D eigenvalue weighted by molar-refractivity contribution is -0.149. The molecule has 96 valence electrons. The van der Waals surface area contributed by atoms with Gasteiger partial charge in [0.15, 0.2) is 0 Å². The molecule has 1 unspecified atom stereocenters. The van der Waals surface area contributed by atoms with Crippen LogP contribution in [0.3, 0.4) is 0 Å². The third-order valence-electron chi connectivity index (χ3n) is 2.89. The van der Waals surface area contributed by atoms with E-state index in [1.807, 2.05) is 24.3 Å². The van der Waals surface area contributed by atoms with Crippen molar-refractivity contribution in [2.75, 3.05) is 13.7 Å². The van der Waals surface area contributed by atoms with E-state index in [-0.39, 0.29) is 5.97 Å². The van der Waals surface area contributed by atoms with Crippen LogP contribution in [0.25, 0.3) is 0 Å². The van der Waals surface area contributed by atoms with Crippen LogP contribution >= 0.6 is 0 Å². The zero-order valence-electron chi connectivity index (χ0n) is 11.0. The lowest BCUT2D eigenvalue weighted by Crippen LogP contribution is -2.34. The molecule has 18 heavy (non-hydrogen) atoms. The number of hydrogen-bond donors (Lipinski definition) is 0. The molecule has 0 fully saturated rings. The highest BCUT2D eigenvalue weighted by Crippen LogP contribution is 2.31. The third-order valence-corrected chi connectivity index (χ3v) is 2.89. The molecular formula is C15H18O3. The maximum Gasteiger partial charge on any atom is 0.317 e. The molecule has 3 heteroatoms. The van der Waals surface area contributed by atoms with Gasteiger partial charge in [0, 0.05) is 6.42 Å². The average Bonchev–Trinajstić information content (AvgIpc) is 2.39. The first-order chi connectivity index (χ1) is 8.58. The Morgan fingerprint density at radius 1 is 1.50 bits per heavy atom. The molecule has 0 aliphatic heterocycles. The van der Waals surface area contributed by atoms with E-state index < -0.39 is 5.41 Å². The quantitative estimate of drug-likeness (QED) is 0.591. The lowest BCUT2D eigenvalue weighted by Gasteiger charge is -2.26. The van der Waals surface area contributed by atoms with Crippen LogP contribution in [0, 0.1) is 12.3 Å². The van der Waals surface area contributed by atoms with Gasteiger partial charge in [-0.3, -0.25) is 4.79 Å². The maximum absolute atomic E-state index is 12.1. The highest BCUT2D eigenvalue weighted by molar-refractivity contribution is 5.83. The monoisotopic (exact) mass is 246 g/mol. The summed E-state index contributed by atoms with van der Waals surface area (Å²) in [6, 6.07) is 7.33. The Kier molecular flexibility index (Phi) is 4.79. The second-order valence-electron chi connectivity index (χ2n) is 4.17. The van der Waals surface area contributed by atoms with Crippen molar-refractivity contribution in [3.05, 3.63) is 29.8 Å². The molecule has 0 aliphatic rings. The fraction of sp³-hybridized carbons (Fsp3) is 0.400. The summed E-state index contributed by atoms with van der Waals surface area (Å²) < 4.78 is 10.3. The Hall–Kier alpha value is -1.95. The molecule has 1 aromatic rings. The van der Waals surface area contributed by atoms with E-state index in [1.54, 1.807) is 21.0 Å². The Labute approximate surface area is 108 Å². The maximum atomic E-state index is 12.1. The van der Waals surface area contributed by atoms with E-state index >= 15 is 0 Å². The molecule has 0 saturated carbocycles. The second kappa shape index (κ2) is 6.11. The molecule has 0 radical (unpaired) electrons. The number of ether oxygens (including phenoxy) is 2. The molecule has 0 N–H and O–H groups in total. The number of rotatable bonds is 5. The topological polar surface area (TPSA) is 35.5 Å². The van der Waals surface area contributed by atoms with Crippen molar-refractivity contribution in [1.82, 2.24) is 0 Å². The average molecular weight is 246 g/mol. The normalized spacial score (nSPS) is 13.2. The van der Waals surface area contributed by atoms with Crippen molar-refractivity contribution < 1.29 is 14.3 Å². The Morgan fingerprint density at radius 2 is 2.22 bits per heavy atom. The smallest absolute Gasteiger partial charge is 0.317 e. The van der Waals surface area contributed by atoms with Crippen LogP contribution in [-0.2, 0) is 14.9 Å². The third kappa shape index (κ3) is 2.84. The van der Waals surface area contributed by atoms with Gasteiger partial charge >= 0.3 is 5.97 Å². The van der Waals surface area contributed by atoms with Crippen LogP contribution in [0.15, 0.2) is 24.3 Å². The van der Waals surface area contributed by atoms with Crippen LogP contribution < -0.4 is 4.74 Å². The minimum absolute atomic E-state index is 0.291. The summed E-state index contributed by atoms with van der Waals surface area (Å²) in [5, 5.41) is 0. The van der Waals surface area contributed by atoms with E-state index in [1.165, 1.54) is 0 Å². The second-order valence-corrected chi connectivity index (χ2v) is 4.17. The number of carbonyl (C=O) groups is 1. The molecule has 0 saturated heterocycles. The van der Waals surface area contributed by atoms with Gasteiger partial charge in [-0.2, -0.15) is 0 Å². The van der Waals surface area contributed by atoms with Gasteiger partial charge in [-0.05, 0) is 31.5 Å². The molecule has 0 bridgehead atoms. The van der Waals surface area contributed by atoms with Crippen LogP contribution in [-0.4, -0.2) is 19.7 Å². The summed E-state index contributed by atoms with van der Waals surface area (Å²) in [4.78, 5) is 12.1. The van der Waals surface area contributed by atoms with Crippen molar-refractivity contribution in [1.29, 1.82) is 0 Å². The van der Waals surface area contributed by atoms with Gasteiger partial charge in [0.05, 0.1) is 13.7 Å². The zero-order chi connectivity index (χ0) is 13.6. The Balaban J connectivity index is 3.17. The fourth-order valence-corrected chi connectivity index (χ4v) is 1.75. The summed E-state index contributed by atoms with van der Waals surface area (Å²) in [6.07, 6.45) is 5.66. The predicted molar refractivity (Wildman–Crippen MR) is 70.4 cm³/mol. The summed E-state index contributed by atoms with van der Waals surface area (Å²) in [7, 11) is 1.59. The van der Waals surface area contributed by atoms with Gasteiger partial charge in [-0.1, -0.05) is 12.1 Å². The van der Waals surface area contributed by atoms with Crippen molar-refractivity contribution in [3.63, 3.8) is 0 Å². The van der Waals surface area contributed by atoms with E-state index in [2.05, 4.69) is 5.92 Å². The van der Waals surface area contributed by atoms with Gasteiger partial charge in [-0.15, -0.1) is 12.3 Å². The molecule has 0 spiro atoms. The van der Waals surface area contributed by atoms with E-state index in [0.717, 1.165) is 5.56 Å². The fourth-order valence-electron chi connectivity index (χ4n) is 1.75. The summed E-state index contributed by atoms with van der Waals surface area (Å²) in [6.45, 7) is 3.91. The first-order valence-electron chi connectivity index (χ1n) is 5.83. The Morgan fingerprint density at radius 3 is 2.78 bits per heavy atom. The van der Waals surface area contributed by atoms with Crippen LogP contribution in [0.1, 0.15) is 25.8 Å². The number of hydrogen-bond acceptors (Lipinski definition) is 3. The minimum atomic E-state index is -0.834. The van der Waals surface area contributed by atoms with Gasteiger partial charge in [0.25, 0.3) is 0 Å². The van der Waals surface area contributed by atoms with E-state index in [4.69, 9.17) is 15.9 Å². The van der Waals surface area contributed by atoms with Gasteiger partial charge < -0.3 is 9.47 Å². The number of benzene rings is 1. The molecule has 1 aromatic carbocycles. The molecule has 1 atom stereocenters. The number of carbonyl (C=O) groups excluding carboxylic acids is 1. The van der Waals surface area contributed by atoms with Crippen LogP contribution in [0.5, 0.6) is 5.75 Å². The van der Waals surface area contributed by atoms with Gasteiger partial charge in [0.1, 0.15) is 11.2 Å². The molecule has 0 aliphatic carbocycles. The van der Waals surface area contributed by atoms with E-state index in [9.17, 15) is 4.79 Å². The van der Waals surface area contributed by atoms with Crippen molar-refractivity contribution in [3.8, 4) is 18.1 Å². The Bertz CT molecular complexity index is 459. The van der Waals surface area contributed by atoms with E-state index in [0.29, 0.717) is 18.8 Å². The molecule has 0 heterocycles. The number of methoxy groups -OCH3 is 1. The van der Waals surface area contributed by atoms with Gasteiger partial charge in [-0.25, -0.2) is 0 Å². The highest BCUT2D eigenvalue weighted by atomic mass is 16.5. The summed E-state index contributed by atoms with van der Waals surface area (Å²) >= 11 is 0.